The van der Waals surface area contributed by atoms with E-state index in [1.54, 1.807) is 0 Å². The van der Waals surface area contributed by atoms with Crippen molar-refractivity contribution in [3.05, 3.63) is 0 Å². The van der Waals surface area contributed by atoms with Crippen molar-refractivity contribution in [2.24, 2.45) is 5.41 Å². The molecule has 0 spiro atoms. The van der Waals surface area contributed by atoms with Crippen LogP contribution in [-0.2, 0) is 4.79 Å². The van der Waals surface area contributed by atoms with Crippen molar-refractivity contribution in [1.82, 2.24) is 5.32 Å². The maximum Gasteiger partial charge on any atom is 0.310 e. The Morgan fingerprint density at radius 2 is 1.53 bits per heavy atom. The average molecular weight is 221 g/mol. The minimum atomic E-state index is -1.23. The fourth-order valence-electron chi connectivity index (χ4n) is 0.802. The van der Waals surface area contributed by atoms with Crippen molar-refractivity contribution in [2.45, 2.75) is 19.4 Å². The molecule has 0 aromatic carbocycles. The van der Waals surface area contributed by atoms with E-state index < -0.39 is 36.7 Å². The van der Waals surface area contributed by atoms with E-state index in [4.69, 9.17) is 20.4 Å². The predicted octanol–water partition coefficient (Wildman–Crippen LogP) is -1.60. The Morgan fingerprint density at radius 1 is 1.13 bits per heavy atom. The van der Waals surface area contributed by atoms with Gasteiger partial charge in [-0.25, -0.2) is 0 Å². The highest BCUT2D eigenvalue weighted by Gasteiger charge is 2.33. The zero-order valence-electron chi connectivity index (χ0n) is 9.03. The maximum absolute atomic E-state index is 10.8. The molecule has 0 rings (SSSR count). The van der Waals surface area contributed by atoms with Gasteiger partial charge in [0.1, 0.15) is 0 Å². The molecule has 5 N–H and O–H groups in total. The molecule has 0 heterocycles. The van der Waals surface area contributed by atoms with Gasteiger partial charge in [-0.1, -0.05) is 0 Å². The Kier molecular flexibility index (Phi) is 5.16. The molecule has 0 fully saturated rings. The lowest BCUT2D eigenvalue weighted by Crippen LogP contribution is -2.57. The van der Waals surface area contributed by atoms with E-state index in [0.29, 0.717) is 0 Å². The quantitative estimate of drug-likeness (QED) is 0.354. The fraction of sp³-hybridized carbons (Fsp3) is 0.889. The molecule has 0 saturated carbocycles. The molecular weight excluding hydrogens is 202 g/mol. The lowest BCUT2D eigenvalue weighted by atomic mass is 9.91. The summed E-state index contributed by atoms with van der Waals surface area (Å²) in [4.78, 5) is 10.8. The second kappa shape index (κ2) is 5.41. The molecule has 0 bridgehead atoms. The van der Waals surface area contributed by atoms with E-state index in [9.17, 15) is 4.79 Å². The van der Waals surface area contributed by atoms with E-state index in [2.05, 4.69) is 5.32 Å². The van der Waals surface area contributed by atoms with Crippen molar-refractivity contribution in [3.8, 4) is 0 Å². The van der Waals surface area contributed by atoms with Crippen LogP contribution in [0.2, 0.25) is 0 Å². The molecule has 0 aliphatic carbocycles. The summed E-state index contributed by atoms with van der Waals surface area (Å²) < 4.78 is 0. The molecule has 0 saturated heterocycles. The predicted molar refractivity (Wildman–Crippen MR) is 53.4 cm³/mol. The normalized spacial score (nSPS) is 12.9. The molecule has 0 atom stereocenters. The van der Waals surface area contributed by atoms with Crippen LogP contribution in [0.1, 0.15) is 13.8 Å². The first-order chi connectivity index (χ1) is 6.83. The number of aliphatic hydroxyl groups excluding tert-OH is 3. The molecule has 0 aromatic heterocycles. The standard InChI is InChI=1S/C9H19NO5/c1-8(2,7(14)15)3-10-9(4-11,5-12)6-13/h10-13H,3-6H2,1-2H3,(H,14,15). The molecule has 90 valence electrons. The van der Waals surface area contributed by atoms with Gasteiger partial charge in [0.25, 0.3) is 0 Å². The first-order valence-electron chi connectivity index (χ1n) is 4.64. The van der Waals surface area contributed by atoms with Gasteiger partial charge < -0.3 is 25.7 Å². The highest BCUT2D eigenvalue weighted by atomic mass is 16.4. The zero-order chi connectivity index (χ0) is 12.1. The van der Waals surface area contributed by atoms with Crippen LogP contribution in [0.5, 0.6) is 0 Å². The van der Waals surface area contributed by atoms with Gasteiger partial charge in [-0.3, -0.25) is 4.79 Å². The summed E-state index contributed by atoms with van der Waals surface area (Å²) >= 11 is 0. The summed E-state index contributed by atoms with van der Waals surface area (Å²) in [5, 5.41) is 38.4. The van der Waals surface area contributed by atoms with Gasteiger partial charge in [0.15, 0.2) is 0 Å². The van der Waals surface area contributed by atoms with Crippen LogP contribution in [0.4, 0.5) is 0 Å². The number of rotatable bonds is 7. The number of carboxylic acids is 1. The van der Waals surface area contributed by atoms with Crippen LogP contribution in [0.3, 0.4) is 0 Å². The highest BCUT2D eigenvalue weighted by Crippen LogP contribution is 2.15. The first-order valence-corrected chi connectivity index (χ1v) is 4.64. The van der Waals surface area contributed by atoms with Crippen molar-refractivity contribution in [2.75, 3.05) is 26.4 Å². The van der Waals surface area contributed by atoms with Gasteiger partial charge in [0, 0.05) is 6.54 Å². The topological polar surface area (TPSA) is 110 Å². The second-order valence-corrected chi connectivity index (χ2v) is 4.30. The van der Waals surface area contributed by atoms with Crippen molar-refractivity contribution < 1.29 is 25.2 Å². The van der Waals surface area contributed by atoms with E-state index in [1.807, 2.05) is 0 Å². The van der Waals surface area contributed by atoms with Crippen LogP contribution in [-0.4, -0.2) is 58.3 Å². The van der Waals surface area contributed by atoms with E-state index in [1.165, 1.54) is 13.8 Å². The first kappa shape index (κ1) is 14.3. The zero-order valence-corrected chi connectivity index (χ0v) is 9.03. The van der Waals surface area contributed by atoms with Gasteiger partial charge in [0.2, 0.25) is 0 Å². The molecule has 0 amide bonds. The number of aliphatic hydroxyl groups is 3. The largest absolute Gasteiger partial charge is 0.481 e. The summed E-state index contributed by atoms with van der Waals surface area (Å²) in [6, 6.07) is 0. The Labute approximate surface area is 88.5 Å². The summed E-state index contributed by atoms with van der Waals surface area (Å²) in [6.45, 7) is 1.68. The molecule has 0 aliphatic heterocycles. The van der Waals surface area contributed by atoms with Crippen LogP contribution in [0.15, 0.2) is 0 Å². The molecule has 0 radical (unpaired) electrons. The number of hydrogen-bond donors (Lipinski definition) is 5. The average Bonchev–Trinajstić information content (AvgIpc) is 2.20. The van der Waals surface area contributed by atoms with Crippen molar-refractivity contribution in [3.63, 3.8) is 0 Å². The lowest BCUT2D eigenvalue weighted by molar-refractivity contribution is -0.147. The third kappa shape index (κ3) is 3.75. The van der Waals surface area contributed by atoms with E-state index in [0.717, 1.165) is 0 Å². The Balaban J connectivity index is 4.40. The summed E-state index contributed by atoms with van der Waals surface area (Å²) in [5.74, 6) is -0.988. The smallest absolute Gasteiger partial charge is 0.310 e. The van der Waals surface area contributed by atoms with Gasteiger partial charge in [-0.15, -0.1) is 0 Å². The van der Waals surface area contributed by atoms with Crippen LogP contribution in [0, 0.1) is 5.41 Å². The van der Waals surface area contributed by atoms with Crippen LogP contribution >= 0.6 is 0 Å². The third-order valence-corrected chi connectivity index (χ3v) is 2.39. The second-order valence-electron chi connectivity index (χ2n) is 4.30. The minimum absolute atomic E-state index is 0.0456. The van der Waals surface area contributed by atoms with Gasteiger partial charge in [-0.05, 0) is 13.8 Å². The molecule has 0 aromatic rings. The summed E-state index contributed by atoms with van der Waals surface area (Å²) in [5.41, 5.74) is -2.25. The van der Waals surface area contributed by atoms with Crippen LogP contribution in [0.25, 0.3) is 0 Å². The van der Waals surface area contributed by atoms with E-state index >= 15 is 0 Å². The molecule has 15 heavy (non-hydrogen) atoms. The van der Waals surface area contributed by atoms with Gasteiger partial charge >= 0.3 is 5.97 Å². The fourth-order valence-corrected chi connectivity index (χ4v) is 0.802. The molecule has 6 nitrogen and oxygen atoms in total. The maximum atomic E-state index is 10.8. The Morgan fingerprint density at radius 3 is 1.80 bits per heavy atom. The van der Waals surface area contributed by atoms with Crippen molar-refractivity contribution >= 4 is 5.97 Å². The van der Waals surface area contributed by atoms with Gasteiger partial charge in [-0.2, -0.15) is 0 Å². The van der Waals surface area contributed by atoms with Gasteiger partial charge in [0.05, 0.1) is 30.8 Å². The number of nitrogens with one attached hydrogen (secondary N) is 1. The SMILES string of the molecule is CC(C)(CNC(CO)(CO)CO)C(=O)O. The summed E-state index contributed by atoms with van der Waals surface area (Å²) in [6.07, 6.45) is 0. The Hall–Kier alpha value is -0.690. The van der Waals surface area contributed by atoms with Crippen molar-refractivity contribution in [1.29, 1.82) is 0 Å². The highest BCUT2D eigenvalue weighted by molar-refractivity contribution is 5.73. The third-order valence-electron chi connectivity index (χ3n) is 2.39. The van der Waals surface area contributed by atoms with E-state index in [-0.39, 0.29) is 6.54 Å². The number of carboxylic acid groups (broad SMARTS) is 1. The molecule has 0 aliphatic rings. The molecule has 6 heteroatoms. The minimum Gasteiger partial charge on any atom is -0.481 e. The monoisotopic (exact) mass is 221 g/mol. The van der Waals surface area contributed by atoms with Crippen LogP contribution < -0.4 is 5.32 Å². The number of aliphatic carboxylic acids is 1. The molecular formula is C9H19NO5. The number of carbonyl (C=O) groups is 1. The number of hydrogen-bond acceptors (Lipinski definition) is 5. The lowest BCUT2D eigenvalue weighted by Gasteiger charge is -2.32. The molecule has 0 unspecified atom stereocenters. The summed E-state index contributed by atoms with van der Waals surface area (Å²) in [7, 11) is 0. The Bertz CT molecular complexity index is 204.